The third-order valence-corrected chi connectivity index (χ3v) is 7.98. The zero-order valence-electron chi connectivity index (χ0n) is 23.0. The predicted octanol–water partition coefficient (Wildman–Crippen LogP) is 8.31. The first-order chi connectivity index (χ1) is 19.5. The van der Waals surface area contributed by atoms with Gasteiger partial charge in [-0.05, 0) is 42.5 Å². The van der Waals surface area contributed by atoms with E-state index in [2.05, 4.69) is 50.4 Å². The summed E-state index contributed by atoms with van der Waals surface area (Å²) in [5.74, 6) is 0. The molecule has 0 amide bonds. The highest BCUT2D eigenvalue weighted by Gasteiger charge is 2.32. The van der Waals surface area contributed by atoms with Gasteiger partial charge in [-0.25, -0.2) is 9.97 Å². The number of rotatable bonds is 7. The van der Waals surface area contributed by atoms with E-state index >= 15 is 0 Å². The van der Waals surface area contributed by atoms with Gasteiger partial charge in [0.25, 0.3) is 0 Å². The van der Waals surface area contributed by atoms with Crippen molar-refractivity contribution >= 4 is 39.1 Å². The van der Waals surface area contributed by atoms with E-state index < -0.39 is 0 Å². The van der Waals surface area contributed by atoms with Crippen LogP contribution in [0, 0.1) is 0 Å². The van der Waals surface area contributed by atoms with Crippen molar-refractivity contribution in [2.24, 2.45) is 0 Å². The second-order valence-corrected chi connectivity index (χ2v) is 10.4. The first kappa shape index (κ1) is 25.4. The molecular weight excluding hydrogens is 492 g/mol. The van der Waals surface area contributed by atoms with Gasteiger partial charge >= 0.3 is 0 Å². The van der Waals surface area contributed by atoms with E-state index in [0.29, 0.717) is 5.69 Å². The van der Waals surface area contributed by atoms with Crippen LogP contribution >= 0.6 is 0 Å². The van der Waals surface area contributed by atoms with Crippen LogP contribution in [0.15, 0.2) is 97.3 Å². The lowest BCUT2D eigenvalue weighted by atomic mass is 9.76. The molecule has 0 aliphatic carbocycles. The lowest BCUT2D eigenvalue weighted by Crippen LogP contribution is -2.22. The second kappa shape index (κ2) is 10.4. The molecule has 0 radical (unpaired) electrons. The number of benzene rings is 4. The summed E-state index contributed by atoms with van der Waals surface area (Å²) in [6.07, 6.45) is 5.36. The molecule has 0 aliphatic heterocycles. The number of aromatic nitrogens is 4. The van der Waals surface area contributed by atoms with Gasteiger partial charge in [0.05, 0.1) is 28.1 Å². The lowest BCUT2D eigenvalue weighted by molar-refractivity contribution is 0.444. The van der Waals surface area contributed by atoms with Crippen LogP contribution < -0.4 is 11.1 Å². The average Bonchev–Trinajstić information content (AvgIpc) is 3.02. The van der Waals surface area contributed by atoms with Gasteiger partial charge in [0, 0.05) is 40.5 Å². The molecule has 2 aromatic heterocycles. The van der Waals surface area contributed by atoms with Gasteiger partial charge in [0.1, 0.15) is 11.0 Å². The fourth-order valence-electron chi connectivity index (χ4n) is 5.31. The van der Waals surface area contributed by atoms with Crippen LogP contribution in [0.2, 0.25) is 0 Å². The molecule has 6 heteroatoms. The number of anilines is 3. The Morgan fingerprint density at radius 3 is 1.73 bits per heavy atom. The van der Waals surface area contributed by atoms with Gasteiger partial charge in [-0.1, -0.05) is 81.4 Å². The fourth-order valence-corrected chi connectivity index (χ4v) is 5.31. The largest absolute Gasteiger partial charge is 0.399 e. The molecule has 0 unspecified atom stereocenters. The van der Waals surface area contributed by atoms with E-state index in [9.17, 15) is 0 Å². The van der Waals surface area contributed by atoms with Crippen LogP contribution in [0.5, 0.6) is 0 Å². The SMILES string of the molecule is CCC(C)(CC)c1c2nccnc2c(Nc2ccc(N)cc2)c2nc(-c3ccccc3)c(-c3ccccc3)nc12. The topological polar surface area (TPSA) is 89.6 Å². The Hall–Kier alpha value is -4.84. The van der Waals surface area contributed by atoms with Crippen molar-refractivity contribution in [3.63, 3.8) is 0 Å². The molecule has 0 spiro atoms. The molecular formula is C34H32N6. The molecule has 6 rings (SSSR count). The van der Waals surface area contributed by atoms with Gasteiger partial charge < -0.3 is 11.1 Å². The summed E-state index contributed by atoms with van der Waals surface area (Å²) in [6, 6.07) is 28.2. The molecule has 0 fully saturated rings. The zero-order chi connectivity index (χ0) is 27.7. The summed E-state index contributed by atoms with van der Waals surface area (Å²) in [5.41, 5.74) is 16.2. The standard InChI is InChI=1S/C34H32N6/c1-4-34(3,5-2)26-29-31(37-21-20-36-29)33(38-25-18-16-24(35)17-19-25)32-30(26)39-27(22-12-8-6-9-13-22)28(40-32)23-14-10-7-11-15-23/h6-21,38H,4-5,35H2,1-3H3. The summed E-state index contributed by atoms with van der Waals surface area (Å²) >= 11 is 0. The monoisotopic (exact) mass is 524 g/mol. The fraction of sp³-hybridized carbons (Fsp3) is 0.176. The van der Waals surface area contributed by atoms with Gasteiger partial charge in [0.15, 0.2) is 0 Å². The van der Waals surface area contributed by atoms with Crippen molar-refractivity contribution in [2.45, 2.75) is 39.0 Å². The molecule has 4 aromatic carbocycles. The number of hydrogen-bond acceptors (Lipinski definition) is 6. The smallest absolute Gasteiger partial charge is 0.116 e. The van der Waals surface area contributed by atoms with Gasteiger partial charge in [0.2, 0.25) is 0 Å². The summed E-state index contributed by atoms with van der Waals surface area (Å²) in [7, 11) is 0. The summed E-state index contributed by atoms with van der Waals surface area (Å²) in [5, 5.41) is 3.61. The maximum Gasteiger partial charge on any atom is 0.116 e. The normalized spacial score (nSPS) is 11.7. The van der Waals surface area contributed by atoms with E-state index in [-0.39, 0.29) is 5.41 Å². The van der Waals surface area contributed by atoms with Crippen molar-refractivity contribution in [1.82, 2.24) is 19.9 Å². The molecule has 6 aromatic rings. The van der Waals surface area contributed by atoms with E-state index in [1.165, 1.54) is 0 Å². The van der Waals surface area contributed by atoms with Crippen LogP contribution in [-0.4, -0.2) is 19.9 Å². The quantitative estimate of drug-likeness (QED) is 0.161. The average molecular weight is 525 g/mol. The molecule has 0 saturated heterocycles. The van der Waals surface area contributed by atoms with E-state index in [1.54, 1.807) is 12.4 Å². The molecule has 0 bridgehead atoms. The minimum absolute atomic E-state index is 0.177. The van der Waals surface area contributed by atoms with E-state index in [0.717, 1.165) is 74.4 Å². The lowest BCUT2D eigenvalue weighted by Gasteiger charge is -2.30. The molecule has 0 saturated carbocycles. The summed E-state index contributed by atoms with van der Waals surface area (Å²) in [6.45, 7) is 6.74. The minimum Gasteiger partial charge on any atom is -0.399 e. The number of fused-ring (bicyclic) bond motifs is 2. The van der Waals surface area contributed by atoms with Crippen molar-refractivity contribution in [2.75, 3.05) is 11.1 Å². The Kier molecular flexibility index (Phi) is 6.60. The zero-order valence-corrected chi connectivity index (χ0v) is 23.0. The number of nitrogens with one attached hydrogen (secondary N) is 1. The number of nitrogens with zero attached hydrogens (tertiary/aromatic N) is 4. The summed E-state index contributed by atoms with van der Waals surface area (Å²) < 4.78 is 0. The molecule has 6 nitrogen and oxygen atoms in total. The highest BCUT2D eigenvalue weighted by molar-refractivity contribution is 6.10. The molecule has 198 valence electrons. The Morgan fingerprint density at radius 1 is 0.650 bits per heavy atom. The number of nitrogen functional groups attached to an aromatic ring is 1. The van der Waals surface area contributed by atoms with Crippen LogP contribution in [-0.2, 0) is 5.41 Å². The Labute approximate surface area is 234 Å². The van der Waals surface area contributed by atoms with Crippen molar-refractivity contribution in [1.29, 1.82) is 0 Å². The summed E-state index contributed by atoms with van der Waals surface area (Å²) in [4.78, 5) is 20.6. The Balaban J connectivity index is 1.79. The van der Waals surface area contributed by atoms with Crippen LogP contribution in [0.3, 0.4) is 0 Å². The Bertz CT molecular complexity index is 1790. The van der Waals surface area contributed by atoms with E-state index in [4.69, 9.17) is 25.7 Å². The molecule has 2 heterocycles. The number of nitrogens with two attached hydrogens (primary N) is 1. The van der Waals surface area contributed by atoms with Crippen LogP contribution in [0.4, 0.5) is 17.1 Å². The van der Waals surface area contributed by atoms with Crippen molar-refractivity contribution < 1.29 is 0 Å². The minimum atomic E-state index is -0.177. The number of hydrogen-bond donors (Lipinski definition) is 2. The maximum absolute atomic E-state index is 5.98. The van der Waals surface area contributed by atoms with Crippen LogP contribution in [0.1, 0.15) is 39.2 Å². The Morgan fingerprint density at radius 2 is 1.18 bits per heavy atom. The third-order valence-electron chi connectivity index (χ3n) is 7.98. The first-order valence-corrected chi connectivity index (χ1v) is 13.7. The van der Waals surface area contributed by atoms with Crippen molar-refractivity contribution in [3.05, 3.63) is 103 Å². The highest BCUT2D eigenvalue weighted by Crippen LogP contribution is 2.44. The second-order valence-electron chi connectivity index (χ2n) is 10.4. The maximum atomic E-state index is 5.98. The molecule has 3 N–H and O–H groups in total. The van der Waals surface area contributed by atoms with Gasteiger partial charge in [-0.15, -0.1) is 0 Å². The van der Waals surface area contributed by atoms with Crippen LogP contribution in [0.25, 0.3) is 44.6 Å². The van der Waals surface area contributed by atoms with E-state index in [1.807, 2.05) is 60.7 Å². The predicted molar refractivity (Wildman–Crippen MR) is 166 cm³/mol. The van der Waals surface area contributed by atoms with Gasteiger partial charge in [-0.3, -0.25) is 9.97 Å². The molecule has 0 atom stereocenters. The third kappa shape index (κ3) is 4.41. The molecule has 0 aliphatic rings. The molecule has 40 heavy (non-hydrogen) atoms. The van der Waals surface area contributed by atoms with Gasteiger partial charge in [-0.2, -0.15) is 0 Å². The highest BCUT2D eigenvalue weighted by atomic mass is 15.0. The first-order valence-electron chi connectivity index (χ1n) is 13.7. The van der Waals surface area contributed by atoms with Crippen molar-refractivity contribution in [3.8, 4) is 22.5 Å².